The van der Waals surface area contributed by atoms with Crippen molar-refractivity contribution < 1.29 is 9.53 Å². The number of amides is 1. The minimum absolute atomic E-state index is 0.0677. The highest BCUT2D eigenvalue weighted by molar-refractivity contribution is 9.10. The first kappa shape index (κ1) is 16.0. The summed E-state index contributed by atoms with van der Waals surface area (Å²) in [7, 11) is 1.57. The number of halogens is 1. The molecule has 0 aromatic heterocycles. The maximum Gasteiger partial charge on any atom is 0.255 e. The summed E-state index contributed by atoms with van der Waals surface area (Å²) in [5, 5.41) is 2.98. The molecule has 1 N–H and O–H groups in total. The summed E-state index contributed by atoms with van der Waals surface area (Å²) in [6.07, 6.45) is 0. The molecule has 1 rings (SSSR count). The van der Waals surface area contributed by atoms with Gasteiger partial charge in [0.2, 0.25) is 0 Å². The van der Waals surface area contributed by atoms with Crippen LogP contribution in [0.15, 0.2) is 22.7 Å². The zero-order valence-electron chi connectivity index (χ0n) is 12.2. The van der Waals surface area contributed by atoms with Crippen molar-refractivity contribution in [2.45, 2.75) is 27.7 Å². The van der Waals surface area contributed by atoms with E-state index in [-0.39, 0.29) is 11.3 Å². The Morgan fingerprint density at radius 2 is 2.05 bits per heavy atom. The predicted molar refractivity (Wildman–Crippen MR) is 81.6 cm³/mol. The third-order valence-corrected chi connectivity index (χ3v) is 4.17. The Bertz CT molecular complexity index is 455. The fourth-order valence-corrected chi connectivity index (χ4v) is 1.80. The first-order chi connectivity index (χ1) is 8.77. The molecule has 0 atom stereocenters. The third kappa shape index (κ3) is 4.23. The highest BCUT2D eigenvalue weighted by atomic mass is 79.9. The van der Waals surface area contributed by atoms with Crippen molar-refractivity contribution in [3.8, 4) is 5.75 Å². The Morgan fingerprint density at radius 3 is 2.58 bits per heavy atom. The van der Waals surface area contributed by atoms with Gasteiger partial charge in [0.25, 0.3) is 5.91 Å². The van der Waals surface area contributed by atoms with Gasteiger partial charge in [-0.3, -0.25) is 4.79 Å². The number of ether oxygens (including phenoxy) is 1. The van der Waals surface area contributed by atoms with Crippen LogP contribution in [-0.2, 0) is 0 Å². The van der Waals surface area contributed by atoms with Crippen LogP contribution >= 0.6 is 15.9 Å². The normalized spacial score (nSPS) is 11.5. The highest BCUT2D eigenvalue weighted by Gasteiger charge is 2.23. The van der Waals surface area contributed by atoms with E-state index in [1.807, 2.05) is 6.07 Å². The lowest BCUT2D eigenvalue weighted by atomic mass is 9.81. The second-order valence-corrected chi connectivity index (χ2v) is 6.59. The quantitative estimate of drug-likeness (QED) is 0.891. The Labute approximate surface area is 123 Å². The molecule has 106 valence electrons. The molecule has 0 aliphatic rings. The Hall–Kier alpha value is -1.03. The zero-order valence-corrected chi connectivity index (χ0v) is 13.8. The van der Waals surface area contributed by atoms with Crippen molar-refractivity contribution in [2.24, 2.45) is 11.3 Å². The van der Waals surface area contributed by atoms with Gasteiger partial charge in [0.05, 0.1) is 12.7 Å². The lowest BCUT2D eigenvalue weighted by Crippen LogP contribution is -2.37. The number of nitrogens with one attached hydrogen (secondary N) is 1. The summed E-state index contributed by atoms with van der Waals surface area (Å²) >= 11 is 3.36. The summed E-state index contributed by atoms with van der Waals surface area (Å²) in [5.41, 5.74) is 0.628. The molecule has 0 unspecified atom stereocenters. The zero-order chi connectivity index (χ0) is 14.6. The lowest BCUT2D eigenvalue weighted by Gasteiger charge is -2.29. The van der Waals surface area contributed by atoms with Crippen LogP contribution in [0.4, 0.5) is 0 Å². The smallest absolute Gasteiger partial charge is 0.255 e. The van der Waals surface area contributed by atoms with Crippen LogP contribution in [0.1, 0.15) is 38.1 Å². The van der Waals surface area contributed by atoms with Gasteiger partial charge < -0.3 is 10.1 Å². The molecule has 0 fully saturated rings. The molecular formula is C15H22BrNO2. The SMILES string of the molecule is COc1cc(Br)ccc1C(=O)NCC(C)(C)C(C)C. The highest BCUT2D eigenvalue weighted by Crippen LogP contribution is 2.26. The van der Waals surface area contributed by atoms with Gasteiger partial charge in [-0.1, -0.05) is 43.6 Å². The van der Waals surface area contributed by atoms with Crippen molar-refractivity contribution in [1.29, 1.82) is 0 Å². The van der Waals surface area contributed by atoms with Crippen LogP contribution < -0.4 is 10.1 Å². The van der Waals surface area contributed by atoms with Gasteiger partial charge in [0.15, 0.2) is 0 Å². The second kappa shape index (κ2) is 6.42. The van der Waals surface area contributed by atoms with Crippen molar-refractivity contribution in [3.05, 3.63) is 28.2 Å². The minimum Gasteiger partial charge on any atom is -0.496 e. The average Bonchev–Trinajstić information content (AvgIpc) is 2.35. The summed E-state index contributed by atoms with van der Waals surface area (Å²) in [4.78, 5) is 12.2. The summed E-state index contributed by atoms with van der Waals surface area (Å²) < 4.78 is 6.13. The summed E-state index contributed by atoms with van der Waals surface area (Å²) in [6.45, 7) is 9.26. The molecule has 3 nitrogen and oxygen atoms in total. The molecule has 0 radical (unpaired) electrons. The van der Waals surface area contributed by atoms with E-state index >= 15 is 0 Å². The monoisotopic (exact) mass is 327 g/mol. The molecular weight excluding hydrogens is 306 g/mol. The van der Waals surface area contributed by atoms with E-state index in [2.05, 4.69) is 48.9 Å². The molecule has 0 aliphatic heterocycles. The van der Waals surface area contributed by atoms with Crippen molar-refractivity contribution >= 4 is 21.8 Å². The Balaban J connectivity index is 2.79. The molecule has 0 saturated heterocycles. The van der Waals surface area contributed by atoms with E-state index in [1.165, 1.54) is 0 Å². The number of hydrogen-bond acceptors (Lipinski definition) is 2. The van der Waals surface area contributed by atoms with Crippen LogP contribution in [0.25, 0.3) is 0 Å². The number of benzene rings is 1. The van der Waals surface area contributed by atoms with Crippen LogP contribution in [0.2, 0.25) is 0 Å². The first-order valence-corrected chi connectivity index (χ1v) is 7.19. The van der Waals surface area contributed by atoms with E-state index in [0.717, 1.165) is 4.47 Å². The number of methoxy groups -OCH3 is 1. The summed E-state index contributed by atoms with van der Waals surface area (Å²) in [5.74, 6) is 0.979. The standard InChI is InChI=1S/C15H22BrNO2/c1-10(2)15(3,4)9-17-14(18)12-7-6-11(16)8-13(12)19-5/h6-8,10H,9H2,1-5H3,(H,17,18). The minimum atomic E-state index is -0.0990. The molecule has 19 heavy (non-hydrogen) atoms. The van der Waals surface area contributed by atoms with E-state index in [0.29, 0.717) is 23.8 Å². The van der Waals surface area contributed by atoms with E-state index in [4.69, 9.17) is 4.74 Å². The predicted octanol–water partition coefficient (Wildman–Crippen LogP) is 3.87. The fraction of sp³-hybridized carbons (Fsp3) is 0.533. The molecule has 0 spiro atoms. The van der Waals surface area contributed by atoms with Gasteiger partial charge in [0, 0.05) is 11.0 Å². The molecule has 1 aromatic rings. The summed E-state index contributed by atoms with van der Waals surface area (Å²) in [6, 6.07) is 5.40. The van der Waals surface area contributed by atoms with Gasteiger partial charge in [-0.2, -0.15) is 0 Å². The third-order valence-electron chi connectivity index (χ3n) is 3.68. The Kier molecular flexibility index (Phi) is 5.41. The van der Waals surface area contributed by atoms with E-state index < -0.39 is 0 Å². The molecule has 0 bridgehead atoms. The van der Waals surface area contributed by atoms with Crippen molar-refractivity contribution in [1.82, 2.24) is 5.32 Å². The topological polar surface area (TPSA) is 38.3 Å². The van der Waals surface area contributed by atoms with Gasteiger partial charge in [-0.15, -0.1) is 0 Å². The molecule has 0 aliphatic carbocycles. The van der Waals surface area contributed by atoms with Gasteiger partial charge in [-0.05, 0) is 29.5 Å². The average molecular weight is 328 g/mol. The molecule has 1 amide bonds. The van der Waals surface area contributed by atoms with Gasteiger partial charge in [0.1, 0.15) is 5.75 Å². The largest absolute Gasteiger partial charge is 0.496 e. The Morgan fingerprint density at radius 1 is 1.42 bits per heavy atom. The number of hydrogen-bond donors (Lipinski definition) is 1. The van der Waals surface area contributed by atoms with Crippen LogP contribution in [0.3, 0.4) is 0 Å². The maximum absolute atomic E-state index is 12.2. The number of carbonyl (C=O) groups is 1. The van der Waals surface area contributed by atoms with Crippen LogP contribution in [-0.4, -0.2) is 19.6 Å². The van der Waals surface area contributed by atoms with Crippen molar-refractivity contribution in [2.75, 3.05) is 13.7 Å². The fourth-order valence-electron chi connectivity index (χ4n) is 1.46. The second-order valence-electron chi connectivity index (χ2n) is 5.67. The molecule has 0 saturated carbocycles. The number of rotatable bonds is 5. The number of carbonyl (C=O) groups excluding carboxylic acids is 1. The molecule has 0 heterocycles. The van der Waals surface area contributed by atoms with E-state index in [9.17, 15) is 4.79 Å². The van der Waals surface area contributed by atoms with Gasteiger partial charge >= 0.3 is 0 Å². The van der Waals surface area contributed by atoms with Crippen molar-refractivity contribution in [3.63, 3.8) is 0 Å². The van der Waals surface area contributed by atoms with Gasteiger partial charge in [-0.25, -0.2) is 0 Å². The van der Waals surface area contributed by atoms with Crippen LogP contribution in [0.5, 0.6) is 5.75 Å². The maximum atomic E-state index is 12.2. The molecule has 4 heteroatoms. The lowest BCUT2D eigenvalue weighted by molar-refractivity contribution is 0.0921. The van der Waals surface area contributed by atoms with Crippen LogP contribution in [0, 0.1) is 11.3 Å². The first-order valence-electron chi connectivity index (χ1n) is 6.39. The molecule has 1 aromatic carbocycles. The van der Waals surface area contributed by atoms with E-state index in [1.54, 1.807) is 19.2 Å².